The van der Waals surface area contributed by atoms with Gasteiger partial charge in [0.2, 0.25) is 5.91 Å². The van der Waals surface area contributed by atoms with Crippen LogP contribution < -0.4 is 4.90 Å². The Morgan fingerprint density at radius 3 is 2.56 bits per heavy atom. The van der Waals surface area contributed by atoms with E-state index in [0.29, 0.717) is 6.42 Å². The summed E-state index contributed by atoms with van der Waals surface area (Å²) in [7, 11) is 1.81. The first kappa shape index (κ1) is 13.1. The zero-order valence-electron chi connectivity index (χ0n) is 11.5. The van der Waals surface area contributed by atoms with Crippen molar-refractivity contribution >= 4 is 11.6 Å². The lowest BCUT2D eigenvalue weighted by molar-refractivity contribution is -0.118. The molecule has 1 aliphatic heterocycles. The largest absolute Gasteiger partial charge is 0.388 e. The Balaban J connectivity index is 2.37. The number of amides is 1. The molecule has 0 fully saturated rings. The molecule has 0 radical (unpaired) electrons. The number of aryl methyl sites for hydroxylation is 1. The van der Waals surface area contributed by atoms with Gasteiger partial charge >= 0.3 is 0 Å². The maximum Gasteiger partial charge on any atom is 0.227 e. The summed E-state index contributed by atoms with van der Waals surface area (Å²) in [5.41, 5.74) is 2.88. The molecule has 0 spiro atoms. The molecule has 1 amide bonds. The van der Waals surface area contributed by atoms with Crippen molar-refractivity contribution in [3.8, 4) is 0 Å². The van der Waals surface area contributed by atoms with Crippen LogP contribution >= 0.6 is 0 Å². The summed E-state index contributed by atoms with van der Waals surface area (Å²) >= 11 is 0. The van der Waals surface area contributed by atoms with Gasteiger partial charge in [-0.3, -0.25) is 4.79 Å². The monoisotopic (exact) mass is 247 g/mol. The van der Waals surface area contributed by atoms with Crippen molar-refractivity contribution < 1.29 is 9.90 Å². The van der Waals surface area contributed by atoms with E-state index in [0.717, 1.165) is 23.2 Å². The minimum Gasteiger partial charge on any atom is -0.388 e. The molecule has 0 aliphatic carbocycles. The van der Waals surface area contributed by atoms with Crippen LogP contribution in [0.15, 0.2) is 18.2 Å². The lowest BCUT2D eigenvalue weighted by Gasteiger charge is -2.30. The molecular formula is C15H21NO2. The molecule has 1 heterocycles. The fourth-order valence-corrected chi connectivity index (χ4v) is 2.35. The van der Waals surface area contributed by atoms with E-state index in [1.165, 1.54) is 0 Å². The highest BCUT2D eigenvalue weighted by molar-refractivity contribution is 5.95. The first-order chi connectivity index (χ1) is 8.30. The highest BCUT2D eigenvalue weighted by atomic mass is 16.3. The summed E-state index contributed by atoms with van der Waals surface area (Å²) in [4.78, 5) is 13.3. The molecule has 0 saturated carbocycles. The number of aliphatic hydroxyl groups is 1. The van der Waals surface area contributed by atoms with Crippen LogP contribution in [0.5, 0.6) is 0 Å². The Labute approximate surface area is 108 Å². The van der Waals surface area contributed by atoms with E-state index in [1.807, 2.05) is 39.0 Å². The maximum absolute atomic E-state index is 11.6. The highest BCUT2D eigenvalue weighted by Gasteiger charge is 2.26. The SMILES string of the molecule is CN1C(=O)CCc2cc(C(O)C(C)(C)C)ccc21. The number of hydrogen-bond donors (Lipinski definition) is 1. The molecule has 1 aromatic carbocycles. The minimum absolute atomic E-state index is 0.159. The van der Waals surface area contributed by atoms with Gasteiger partial charge < -0.3 is 10.0 Å². The molecule has 1 aliphatic rings. The number of benzene rings is 1. The van der Waals surface area contributed by atoms with Crippen LogP contribution in [0.3, 0.4) is 0 Å². The van der Waals surface area contributed by atoms with E-state index in [4.69, 9.17) is 0 Å². The summed E-state index contributed by atoms with van der Waals surface area (Å²) in [5.74, 6) is 0.159. The number of hydrogen-bond acceptors (Lipinski definition) is 2. The predicted molar refractivity (Wildman–Crippen MR) is 72.6 cm³/mol. The molecule has 2 rings (SSSR count). The first-order valence-electron chi connectivity index (χ1n) is 6.38. The fraction of sp³-hybridized carbons (Fsp3) is 0.533. The van der Waals surface area contributed by atoms with Gasteiger partial charge in [-0.05, 0) is 29.0 Å². The highest BCUT2D eigenvalue weighted by Crippen LogP contribution is 2.36. The zero-order chi connectivity index (χ0) is 13.5. The molecule has 18 heavy (non-hydrogen) atoms. The van der Waals surface area contributed by atoms with Gasteiger partial charge in [0.1, 0.15) is 0 Å². The van der Waals surface area contributed by atoms with Crippen molar-refractivity contribution in [2.24, 2.45) is 5.41 Å². The molecule has 3 nitrogen and oxygen atoms in total. The second kappa shape index (κ2) is 4.39. The van der Waals surface area contributed by atoms with E-state index in [2.05, 4.69) is 0 Å². The lowest BCUT2D eigenvalue weighted by Crippen LogP contribution is -2.31. The van der Waals surface area contributed by atoms with E-state index in [9.17, 15) is 9.90 Å². The minimum atomic E-state index is -0.481. The Bertz CT molecular complexity index is 474. The topological polar surface area (TPSA) is 40.5 Å². The van der Waals surface area contributed by atoms with Crippen LogP contribution in [0.1, 0.15) is 44.4 Å². The third-order valence-electron chi connectivity index (χ3n) is 3.58. The van der Waals surface area contributed by atoms with Crippen molar-refractivity contribution in [2.45, 2.75) is 39.7 Å². The number of rotatable bonds is 1. The second-order valence-corrected chi connectivity index (χ2v) is 6.11. The molecule has 0 bridgehead atoms. The fourth-order valence-electron chi connectivity index (χ4n) is 2.35. The molecule has 1 atom stereocenters. The Morgan fingerprint density at radius 2 is 1.94 bits per heavy atom. The molecular weight excluding hydrogens is 226 g/mol. The molecule has 1 N–H and O–H groups in total. The van der Waals surface area contributed by atoms with Gasteiger partial charge in [-0.15, -0.1) is 0 Å². The molecule has 1 aromatic rings. The third kappa shape index (κ3) is 2.27. The second-order valence-electron chi connectivity index (χ2n) is 6.11. The van der Waals surface area contributed by atoms with Crippen molar-refractivity contribution in [3.05, 3.63) is 29.3 Å². The summed E-state index contributed by atoms with van der Waals surface area (Å²) in [6.45, 7) is 6.06. The molecule has 1 unspecified atom stereocenters. The summed E-state index contributed by atoms with van der Waals surface area (Å²) < 4.78 is 0. The Hall–Kier alpha value is -1.35. The van der Waals surface area contributed by atoms with Crippen molar-refractivity contribution in [2.75, 3.05) is 11.9 Å². The molecule has 3 heteroatoms. The van der Waals surface area contributed by atoms with Crippen LogP contribution in [-0.2, 0) is 11.2 Å². The summed E-state index contributed by atoms with van der Waals surface area (Å²) in [6, 6.07) is 5.90. The number of carbonyl (C=O) groups is 1. The molecule has 0 saturated heterocycles. The van der Waals surface area contributed by atoms with E-state index < -0.39 is 6.10 Å². The van der Waals surface area contributed by atoms with Gasteiger partial charge in [0.05, 0.1) is 6.10 Å². The van der Waals surface area contributed by atoms with Crippen LogP contribution in [0.25, 0.3) is 0 Å². The number of nitrogens with zero attached hydrogens (tertiary/aromatic N) is 1. The lowest BCUT2D eigenvalue weighted by atomic mass is 9.83. The van der Waals surface area contributed by atoms with E-state index >= 15 is 0 Å². The number of aliphatic hydroxyl groups excluding tert-OH is 1. The van der Waals surface area contributed by atoms with Gasteiger partial charge in [-0.25, -0.2) is 0 Å². The smallest absolute Gasteiger partial charge is 0.227 e. The Morgan fingerprint density at radius 1 is 1.28 bits per heavy atom. The van der Waals surface area contributed by atoms with Gasteiger partial charge in [-0.2, -0.15) is 0 Å². The number of anilines is 1. The summed E-state index contributed by atoms with van der Waals surface area (Å²) in [5, 5.41) is 10.3. The maximum atomic E-state index is 11.6. The first-order valence-corrected chi connectivity index (χ1v) is 6.38. The average molecular weight is 247 g/mol. The summed E-state index contributed by atoms with van der Waals surface area (Å²) in [6.07, 6.45) is 0.840. The van der Waals surface area contributed by atoms with Crippen molar-refractivity contribution in [1.29, 1.82) is 0 Å². The van der Waals surface area contributed by atoms with Gasteiger partial charge in [-0.1, -0.05) is 32.9 Å². The van der Waals surface area contributed by atoms with Crippen molar-refractivity contribution in [1.82, 2.24) is 0 Å². The van der Waals surface area contributed by atoms with Gasteiger partial charge in [0.15, 0.2) is 0 Å². The average Bonchev–Trinajstić information content (AvgIpc) is 2.31. The normalized spacial score (nSPS) is 17.6. The quantitative estimate of drug-likeness (QED) is 0.829. The number of fused-ring (bicyclic) bond motifs is 1. The zero-order valence-corrected chi connectivity index (χ0v) is 11.5. The molecule has 98 valence electrons. The van der Waals surface area contributed by atoms with Gasteiger partial charge in [0, 0.05) is 19.2 Å². The van der Waals surface area contributed by atoms with Crippen LogP contribution in [0.2, 0.25) is 0 Å². The number of carbonyl (C=O) groups excluding carboxylic acids is 1. The van der Waals surface area contributed by atoms with Crippen molar-refractivity contribution in [3.63, 3.8) is 0 Å². The third-order valence-corrected chi connectivity index (χ3v) is 3.58. The van der Waals surface area contributed by atoms with Crippen LogP contribution in [0.4, 0.5) is 5.69 Å². The van der Waals surface area contributed by atoms with E-state index in [1.54, 1.807) is 11.9 Å². The predicted octanol–water partition coefficient (Wildman–Crippen LogP) is 2.68. The Kier molecular flexibility index (Phi) is 3.20. The van der Waals surface area contributed by atoms with Gasteiger partial charge in [0.25, 0.3) is 0 Å². The molecule has 0 aromatic heterocycles. The standard InChI is InChI=1S/C15H21NO2/c1-15(2,3)14(18)11-5-7-12-10(9-11)6-8-13(17)16(12)4/h5,7,9,14,18H,6,8H2,1-4H3. The van der Waals surface area contributed by atoms with E-state index in [-0.39, 0.29) is 11.3 Å². The van der Waals surface area contributed by atoms with Crippen LogP contribution in [0, 0.1) is 5.41 Å². The van der Waals surface area contributed by atoms with Crippen LogP contribution in [-0.4, -0.2) is 18.1 Å².